The smallest absolute Gasteiger partial charge is 0.272 e. The van der Waals surface area contributed by atoms with E-state index in [0.717, 1.165) is 24.2 Å². The summed E-state index contributed by atoms with van der Waals surface area (Å²) in [6.07, 6.45) is 1.44. The third-order valence-electron chi connectivity index (χ3n) is 4.68. The molecule has 0 aliphatic carbocycles. The second-order valence-corrected chi connectivity index (χ2v) is 6.32. The molecular weight excluding hydrogens is 306 g/mol. The summed E-state index contributed by atoms with van der Waals surface area (Å²) in [6.45, 7) is 4.47. The van der Waals surface area contributed by atoms with Crippen molar-refractivity contribution in [3.63, 3.8) is 0 Å². The minimum atomic E-state index is -0.466. The number of carbonyl (C=O) groups is 1. The normalized spacial score (nSPS) is 19.8. The van der Waals surface area contributed by atoms with Gasteiger partial charge in [0.2, 0.25) is 0 Å². The molecule has 6 nitrogen and oxygen atoms in total. The molecule has 0 N–H and O–H groups in total. The SMILES string of the molecule is Cc1cc(C(=O)N2CCC3(CC2)OCCO3)n(-c2ccccc2)n1. The van der Waals surface area contributed by atoms with Crippen molar-refractivity contribution in [2.24, 2.45) is 0 Å². The van der Waals surface area contributed by atoms with Gasteiger partial charge in [-0.2, -0.15) is 5.10 Å². The van der Waals surface area contributed by atoms with E-state index in [9.17, 15) is 4.79 Å². The number of amides is 1. The molecule has 6 heteroatoms. The van der Waals surface area contributed by atoms with Crippen LogP contribution in [0, 0.1) is 6.92 Å². The lowest BCUT2D eigenvalue weighted by atomic mass is 10.0. The number of ether oxygens (including phenoxy) is 2. The Morgan fingerprint density at radius 2 is 1.79 bits per heavy atom. The molecule has 0 saturated carbocycles. The van der Waals surface area contributed by atoms with Crippen molar-refractivity contribution < 1.29 is 14.3 Å². The van der Waals surface area contributed by atoms with Crippen molar-refractivity contribution >= 4 is 5.91 Å². The molecule has 126 valence electrons. The molecule has 2 fully saturated rings. The predicted octanol–water partition coefficient (Wildman–Crippen LogP) is 2.16. The molecule has 3 heterocycles. The van der Waals surface area contributed by atoms with Gasteiger partial charge >= 0.3 is 0 Å². The van der Waals surface area contributed by atoms with Gasteiger partial charge in [-0.15, -0.1) is 0 Å². The van der Waals surface area contributed by atoms with E-state index < -0.39 is 5.79 Å². The first-order valence-corrected chi connectivity index (χ1v) is 8.36. The first-order chi connectivity index (χ1) is 11.7. The van der Waals surface area contributed by atoms with E-state index in [1.54, 1.807) is 4.68 Å². The number of benzene rings is 1. The number of para-hydroxylation sites is 1. The Balaban J connectivity index is 1.55. The molecule has 2 aromatic rings. The van der Waals surface area contributed by atoms with E-state index in [4.69, 9.17) is 9.47 Å². The lowest BCUT2D eigenvalue weighted by Crippen LogP contribution is -2.47. The van der Waals surface area contributed by atoms with Crippen molar-refractivity contribution in [3.8, 4) is 5.69 Å². The van der Waals surface area contributed by atoms with E-state index in [-0.39, 0.29) is 5.91 Å². The number of carbonyl (C=O) groups excluding carboxylic acids is 1. The van der Waals surface area contributed by atoms with Gasteiger partial charge in [-0.25, -0.2) is 4.68 Å². The first kappa shape index (κ1) is 15.4. The highest BCUT2D eigenvalue weighted by Crippen LogP contribution is 2.31. The Bertz CT molecular complexity index is 725. The largest absolute Gasteiger partial charge is 0.347 e. The summed E-state index contributed by atoms with van der Waals surface area (Å²) in [6, 6.07) is 11.6. The monoisotopic (exact) mass is 327 g/mol. The van der Waals surface area contributed by atoms with Crippen LogP contribution in [-0.2, 0) is 9.47 Å². The number of aryl methyl sites for hydroxylation is 1. The summed E-state index contributed by atoms with van der Waals surface area (Å²) in [5.74, 6) is -0.459. The fourth-order valence-electron chi connectivity index (χ4n) is 3.42. The number of likely N-dealkylation sites (tertiary alicyclic amines) is 1. The van der Waals surface area contributed by atoms with Crippen LogP contribution < -0.4 is 0 Å². The number of piperidine rings is 1. The number of rotatable bonds is 2. The highest BCUT2D eigenvalue weighted by Gasteiger charge is 2.41. The van der Waals surface area contributed by atoms with Crippen LogP contribution in [0.3, 0.4) is 0 Å². The van der Waals surface area contributed by atoms with Crippen molar-refractivity contribution in [1.29, 1.82) is 0 Å². The van der Waals surface area contributed by atoms with Gasteiger partial charge < -0.3 is 14.4 Å². The zero-order valence-corrected chi connectivity index (χ0v) is 13.8. The predicted molar refractivity (Wildman–Crippen MR) is 88.1 cm³/mol. The molecule has 1 aromatic carbocycles. The van der Waals surface area contributed by atoms with Crippen LogP contribution in [0.1, 0.15) is 29.0 Å². The quantitative estimate of drug-likeness (QED) is 0.848. The topological polar surface area (TPSA) is 56.6 Å². The Kier molecular flexibility index (Phi) is 3.86. The van der Waals surface area contributed by atoms with Crippen LogP contribution >= 0.6 is 0 Å². The maximum atomic E-state index is 13.0. The second kappa shape index (κ2) is 6.03. The van der Waals surface area contributed by atoms with Crippen LogP contribution in [0.15, 0.2) is 36.4 Å². The summed E-state index contributed by atoms with van der Waals surface area (Å²) in [7, 11) is 0. The minimum absolute atomic E-state index is 0.00676. The van der Waals surface area contributed by atoms with Crippen molar-refractivity contribution in [2.45, 2.75) is 25.6 Å². The lowest BCUT2D eigenvalue weighted by Gasteiger charge is -2.37. The van der Waals surface area contributed by atoms with Crippen LogP contribution in [-0.4, -0.2) is 52.7 Å². The first-order valence-electron chi connectivity index (χ1n) is 8.36. The Hall–Kier alpha value is -2.18. The standard InChI is InChI=1S/C18H21N3O3/c1-14-13-16(21(19-14)15-5-3-2-4-6-15)17(22)20-9-7-18(8-10-20)23-11-12-24-18/h2-6,13H,7-12H2,1H3. The molecule has 2 aliphatic rings. The zero-order valence-electron chi connectivity index (χ0n) is 13.8. The summed E-state index contributed by atoms with van der Waals surface area (Å²) in [4.78, 5) is 14.9. The van der Waals surface area contributed by atoms with Crippen LogP contribution in [0.4, 0.5) is 0 Å². The van der Waals surface area contributed by atoms with Crippen LogP contribution in [0.2, 0.25) is 0 Å². The third kappa shape index (κ3) is 2.72. The van der Waals surface area contributed by atoms with Gasteiger partial charge in [0.15, 0.2) is 5.79 Å². The summed E-state index contributed by atoms with van der Waals surface area (Å²) in [5.41, 5.74) is 2.32. The number of hydrogen-bond acceptors (Lipinski definition) is 4. The molecule has 0 unspecified atom stereocenters. The highest BCUT2D eigenvalue weighted by molar-refractivity contribution is 5.93. The Morgan fingerprint density at radius 3 is 2.46 bits per heavy atom. The molecule has 24 heavy (non-hydrogen) atoms. The van der Waals surface area contributed by atoms with E-state index in [1.807, 2.05) is 48.2 Å². The molecule has 0 bridgehead atoms. The minimum Gasteiger partial charge on any atom is -0.347 e. The van der Waals surface area contributed by atoms with Crippen LogP contribution in [0.25, 0.3) is 5.69 Å². The molecule has 1 amide bonds. The molecule has 1 aromatic heterocycles. The second-order valence-electron chi connectivity index (χ2n) is 6.32. The Labute approximate surface area is 141 Å². The fourth-order valence-corrected chi connectivity index (χ4v) is 3.42. The number of aromatic nitrogens is 2. The summed E-state index contributed by atoms with van der Waals surface area (Å²) in [5, 5.41) is 4.49. The van der Waals surface area contributed by atoms with E-state index in [0.29, 0.717) is 32.0 Å². The summed E-state index contributed by atoms with van der Waals surface area (Å²) >= 11 is 0. The average Bonchev–Trinajstić information content (AvgIpc) is 3.23. The summed E-state index contributed by atoms with van der Waals surface area (Å²) < 4.78 is 13.2. The average molecular weight is 327 g/mol. The van der Waals surface area contributed by atoms with E-state index in [1.165, 1.54) is 0 Å². The van der Waals surface area contributed by atoms with Gasteiger partial charge in [-0.3, -0.25) is 4.79 Å². The fraction of sp³-hybridized carbons (Fsp3) is 0.444. The Morgan fingerprint density at radius 1 is 1.12 bits per heavy atom. The zero-order chi connectivity index (χ0) is 16.6. The van der Waals surface area contributed by atoms with Crippen molar-refractivity contribution in [1.82, 2.24) is 14.7 Å². The van der Waals surface area contributed by atoms with Crippen molar-refractivity contribution in [3.05, 3.63) is 47.8 Å². The van der Waals surface area contributed by atoms with Crippen molar-refractivity contribution in [2.75, 3.05) is 26.3 Å². The molecular formula is C18H21N3O3. The number of hydrogen-bond donors (Lipinski definition) is 0. The van der Waals surface area contributed by atoms with Gasteiger partial charge in [0.1, 0.15) is 5.69 Å². The van der Waals surface area contributed by atoms with E-state index >= 15 is 0 Å². The molecule has 0 atom stereocenters. The van der Waals surface area contributed by atoms with Gasteiger partial charge in [0, 0.05) is 25.9 Å². The van der Waals surface area contributed by atoms with E-state index in [2.05, 4.69) is 5.10 Å². The van der Waals surface area contributed by atoms with Gasteiger partial charge in [0.05, 0.1) is 24.6 Å². The highest BCUT2D eigenvalue weighted by atomic mass is 16.7. The lowest BCUT2D eigenvalue weighted by molar-refractivity contribution is -0.181. The molecule has 2 aliphatic heterocycles. The van der Waals surface area contributed by atoms with Gasteiger partial charge in [0.25, 0.3) is 5.91 Å². The third-order valence-corrected chi connectivity index (χ3v) is 4.68. The maximum Gasteiger partial charge on any atom is 0.272 e. The number of nitrogens with zero attached hydrogens (tertiary/aromatic N) is 3. The molecule has 1 spiro atoms. The molecule has 2 saturated heterocycles. The molecule has 4 rings (SSSR count). The van der Waals surface area contributed by atoms with Gasteiger partial charge in [-0.1, -0.05) is 18.2 Å². The van der Waals surface area contributed by atoms with Crippen LogP contribution in [0.5, 0.6) is 0 Å². The maximum absolute atomic E-state index is 13.0. The molecule has 0 radical (unpaired) electrons. The van der Waals surface area contributed by atoms with Gasteiger partial charge in [-0.05, 0) is 25.1 Å².